The molecule has 0 amide bonds. The molecule has 2 N–H and O–H groups in total. The molecule has 4 heterocycles. The number of benzene rings is 1. The van der Waals surface area contributed by atoms with E-state index in [9.17, 15) is 5.11 Å². The van der Waals surface area contributed by atoms with Crippen LogP contribution < -0.4 is 10.2 Å². The van der Waals surface area contributed by atoms with Gasteiger partial charge in [-0.05, 0) is 49.9 Å². The van der Waals surface area contributed by atoms with Gasteiger partial charge >= 0.3 is 0 Å². The van der Waals surface area contributed by atoms with E-state index in [0.29, 0.717) is 35.1 Å². The lowest BCUT2D eigenvalue weighted by Crippen LogP contribution is -2.54. The molecule has 2 aliphatic heterocycles. The normalized spacial score (nSPS) is 23.7. The Balaban J connectivity index is 1.33. The lowest BCUT2D eigenvalue weighted by Gasteiger charge is -2.43. The van der Waals surface area contributed by atoms with Crippen LogP contribution in [0.3, 0.4) is 0 Å². The van der Waals surface area contributed by atoms with Crippen LogP contribution in [-0.4, -0.2) is 55.5 Å². The number of aromatic nitrogens is 5. The predicted molar refractivity (Wildman–Crippen MR) is 110 cm³/mol. The van der Waals surface area contributed by atoms with E-state index in [1.165, 1.54) is 24.1 Å². The minimum absolute atomic E-state index is 0.126. The van der Waals surface area contributed by atoms with Gasteiger partial charge in [-0.2, -0.15) is 15.0 Å². The predicted octanol–water partition coefficient (Wildman–Crippen LogP) is 2.54. The first-order chi connectivity index (χ1) is 14.2. The molecular weight excluding hydrogens is 366 g/mol. The second-order valence-corrected chi connectivity index (χ2v) is 8.02. The van der Waals surface area contributed by atoms with E-state index >= 15 is 0 Å². The Labute approximate surface area is 169 Å². The van der Waals surface area contributed by atoms with Gasteiger partial charge in [-0.1, -0.05) is 6.42 Å². The van der Waals surface area contributed by atoms with Crippen molar-refractivity contribution in [3.8, 4) is 22.7 Å². The van der Waals surface area contributed by atoms with E-state index in [2.05, 4.69) is 37.7 Å². The zero-order chi connectivity index (χ0) is 19.8. The van der Waals surface area contributed by atoms with Gasteiger partial charge in [-0.15, -0.1) is 10.2 Å². The molecule has 3 aromatic rings. The molecule has 1 aromatic carbocycles. The molecule has 3 atom stereocenters. The maximum Gasteiger partial charge on any atom is 0.151 e. The Morgan fingerprint density at radius 3 is 2.45 bits per heavy atom. The Bertz CT molecular complexity index is 961. The van der Waals surface area contributed by atoms with Crippen LogP contribution in [0.4, 0.5) is 5.82 Å². The van der Waals surface area contributed by atoms with Crippen molar-refractivity contribution in [1.82, 2.24) is 30.5 Å². The number of rotatable bonds is 4. The maximum absolute atomic E-state index is 10.5. The van der Waals surface area contributed by atoms with Gasteiger partial charge in [0.1, 0.15) is 5.75 Å². The minimum Gasteiger partial charge on any atom is -0.507 e. The van der Waals surface area contributed by atoms with Gasteiger partial charge in [0, 0.05) is 36.8 Å². The average molecular weight is 391 g/mol. The monoisotopic (exact) mass is 391 g/mol. The van der Waals surface area contributed by atoms with Gasteiger partial charge in [0.15, 0.2) is 5.82 Å². The lowest BCUT2D eigenvalue weighted by atomic mass is 9.83. The van der Waals surface area contributed by atoms with E-state index in [1.807, 2.05) is 24.3 Å². The molecule has 2 aliphatic rings. The number of anilines is 1. The average Bonchev–Trinajstić information content (AvgIpc) is 3.28. The van der Waals surface area contributed by atoms with Crippen LogP contribution in [0.25, 0.3) is 16.9 Å². The summed E-state index contributed by atoms with van der Waals surface area (Å²) >= 11 is 0. The van der Waals surface area contributed by atoms with Gasteiger partial charge in [-0.3, -0.25) is 0 Å². The van der Waals surface area contributed by atoms with Crippen LogP contribution in [0.1, 0.15) is 32.1 Å². The number of hydrogen-bond acceptors (Lipinski definition) is 7. The summed E-state index contributed by atoms with van der Waals surface area (Å²) in [4.78, 5) is 3.72. The number of nitrogens with zero attached hydrogens (tertiary/aromatic N) is 6. The van der Waals surface area contributed by atoms with E-state index in [-0.39, 0.29) is 5.75 Å². The maximum atomic E-state index is 10.5. The molecular formula is C21H25N7O. The SMILES string of the molecule is CN(c1ccc(-c2ccc(-n3nccn3)cc2O)nn1)C1C[C@H]2CCC[C@@H](C1)N2. The largest absolute Gasteiger partial charge is 0.507 e. The molecule has 2 bridgehead atoms. The minimum atomic E-state index is 0.126. The van der Waals surface area contributed by atoms with Gasteiger partial charge < -0.3 is 15.3 Å². The highest BCUT2D eigenvalue weighted by Crippen LogP contribution is 2.32. The second-order valence-electron chi connectivity index (χ2n) is 8.02. The first kappa shape index (κ1) is 18.1. The molecule has 8 nitrogen and oxygen atoms in total. The molecule has 150 valence electrons. The van der Waals surface area contributed by atoms with Gasteiger partial charge in [0.2, 0.25) is 0 Å². The number of aromatic hydroxyl groups is 1. The fraction of sp³-hybridized carbons (Fsp3) is 0.429. The summed E-state index contributed by atoms with van der Waals surface area (Å²) in [7, 11) is 2.11. The van der Waals surface area contributed by atoms with Crippen molar-refractivity contribution >= 4 is 5.82 Å². The van der Waals surface area contributed by atoms with E-state index in [0.717, 1.165) is 18.7 Å². The zero-order valence-corrected chi connectivity index (χ0v) is 16.4. The molecule has 2 saturated heterocycles. The Morgan fingerprint density at radius 1 is 1.03 bits per heavy atom. The third-order valence-electron chi connectivity index (χ3n) is 6.16. The summed E-state index contributed by atoms with van der Waals surface area (Å²) in [5.74, 6) is 0.997. The van der Waals surface area contributed by atoms with E-state index in [4.69, 9.17) is 0 Å². The molecule has 5 rings (SSSR count). The third-order valence-corrected chi connectivity index (χ3v) is 6.16. The first-order valence-corrected chi connectivity index (χ1v) is 10.2. The molecule has 0 spiro atoms. The van der Waals surface area contributed by atoms with Crippen LogP contribution in [0, 0.1) is 0 Å². The summed E-state index contributed by atoms with van der Waals surface area (Å²) in [5, 5.41) is 31.2. The standard InChI is InChI=1S/C21H25N7O/c1-27(17-11-14-3-2-4-15(12-17)24-14)21-8-7-19(25-26-21)18-6-5-16(13-20(18)29)28-22-9-10-23-28/h5-10,13-15,17,24,29H,2-4,11-12H2,1H3/t14-,15+,17?. The third kappa shape index (κ3) is 3.55. The number of piperidine rings is 2. The number of nitrogens with one attached hydrogen (secondary N) is 1. The summed E-state index contributed by atoms with van der Waals surface area (Å²) < 4.78 is 0. The Morgan fingerprint density at radius 2 is 1.79 bits per heavy atom. The summed E-state index contributed by atoms with van der Waals surface area (Å²) in [5.41, 5.74) is 1.97. The fourth-order valence-corrected chi connectivity index (χ4v) is 4.61. The van der Waals surface area contributed by atoms with Crippen molar-refractivity contribution in [2.24, 2.45) is 0 Å². The van der Waals surface area contributed by atoms with E-state index < -0.39 is 0 Å². The summed E-state index contributed by atoms with van der Waals surface area (Å²) in [6.45, 7) is 0. The van der Waals surface area contributed by atoms with Crippen LogP contribution in [0.2, 0.25) is 0 Å². The fourth-order valence-electron chi connectivity index (χ4n) is 4.61. The van der Waals surface area contributed by atoms with Crippen LogP contribution in [0.5, 0.6) is 5.75 Å². The van der Waals surface area contributed by atoms with Crippen molar-refractivity contribution in [3.05, 3.63) is 42.7 Å². The molecule has 0 radical (unpaired) electrons. The Hall–Kier alpha value is -3.00. The topological polar surface area (TPSA) is 92.0 Å². The molecule has 0 aliphatic carbocycles. The van der Waals surface area contributed by atoms with E-state index in [1.54, 1.807) is 18.5 Å². The first-order valence-electron chi connectivity index (χ1n) is 10.2. The molecule has 0 saturated carbocycles. The number of fused-ring (bicyclic) bond motifs is 2. The number of hydrogen-bond donors (Lipinski definition) is 2. The molecule has 2 fully saturated rings. The lowest BCUT2D eigenvalue weighted by molar-refractivity contribution is 0.219. The molecule has 1 unspecified atom stereocenters. The highest BCUT2D eigenvalue weighted by atomic mass is 16.3. The number of phenols is 1. The van der Waals surface area contributed by atoms with Crippen molar-refractivity contribution in [3.63, 3.8) is 0 Å². The molecule has 29 heavy (non-hydrogen) atoms. The quantitative estimate of drug-likeness (QED) is 0.706. The highest BCUT2D eigenvalue weighted by Gasteiger charge is 2.33. The Kier molecular flexibility index (Phi) is 4.63. The smallest absolute Gasteiger partial charge is 0.151 e. The summed E-state index contributed by atoms with van der Waals surface area (Å²) in [6.07, 6.45) is 9.39. The highest BCUT2D eigenvalue weighted by molar-refractivity contribution is 5.68. The molecule has 2 aromatic heterocycles. The van der Waals surface area contributed by atoms with Crippen molar-refractivity contribution in [1.29, 1.82) is 0 Å². The van der Waals surface area contributed by atoms with Crippen molar-refractivity contribution in [2.75, 3.05) is 11.9 Å². The van der Waals surface area contributed by atoms with Gasteiger partial charge in [0.05, 0.1) is 23.8 Å². The van der Waals surface area contributed by atoms with Crippen LogP contribution >= 0.6 is 0 Å². The van der Waals surface area contributed by atoms with Crippen LogP contribution in [-0.2, 0) is 0 Å². The zero-order valence-electron chi connectivity index (χ0n) is 16.4. The van der Waals surface area contributed by atoms with Crippen LogP contribution in [0.15, 0.2) is 42.7 Å². The summed E-state index contributed by atoms with van der Waals surface area (Å²) in [6, 6.07) is 10.9. The number of phenolic OH excluding ortho intramolecular Hbond substituents is 1. The van der Waals surface area contributed by atoms with Gasteiger partial charge in [-0.25, -0.2) is 0 Å². The van der Waals surface area contributed by atoms with Gasteiger partial charge in [0.25, 0.3) is 0 Å². The molecule has 8 heteroatoms. The second kappa shape index (κ2) is 7.44. The van der Waals surface area contributed by atoms with Crippen molar-refractivity contribution < 1.29 is 5.11 Å². The van der Waals surface area contributed by atoms with Crippen molar-refractivity contribution in [2.45, 2.75) is 50.2 Å².